The first kappa shape index (κ1) is 20.1. The van der Waals surface area contributed by atoms with Gasteiger partial charge in [-0.1, -0.05) is 37.3 Å². The van der Waals surface area contributed by atoms with Crippen molar-refractivity contribution in [1.29, 1.82) is 0 Å². The summed E-state index contributed by atoms with van der Waals surface area (Å²) >= 11 is 0. The predicted octanol–water partition coefficient (Wildman–Crippen LogP) is 4.31. The molecule has 1 amide bonds. The van der Waals surface area contributed by atoms with Crippen LogP contribution in [0.5, 0.6) is 11.5 Å². The maximum absolute atomic E-state index is 11.9. The third kappa shape index (κ3) is 3.66. The van der Waals surface area contributed by atoms with Gasteiger partial charge in [-0.25, -0.2) is 9.97 Å². The number of benzene rings is 2. The van der Waals surface area contributed by atoms with E-state index in [1.807, 2.05) is 61.5 Å². The quantitative estimate of drug-likeness (QED) is 0.495. The molecule has 3 heterocycles. The number of fused-ring (bicyclic) bond motifs is 3. The van der Waals surface area contributed by atoms with Crippen molar-refractivity contribution in [3.05, 3.63) is 66.6 Å². The highest BCUT2D eigenvalue weighted by atomic mass is 16.5. The second-order valence-electron chi connectivity index (χ2n) is 7.99. The Morgan fingerprint density at radius 2 is 1.88 bits per heavy atom. The van der Waals surface area contributed by atoms with Gasteiger partial charge in [0.1, 0.15) is 29.3 Å². The molecule has 0 saturated carbocycles. The van der Waals surface area contributed by atoms with Crippen LogP contribution in [0.1, 0.15) is 25.5 Å². The number of hydrogen-bond donors (Lipinski definition) is 2. The van der Waals surface area contributed by atoms with Gasteiger partial charge in [-0.2, -0.15) is 0 Å². The number of nitrogen functional groups attached to an aromatic ring is 1. The molecule has 162 valence electrons. The number of nitrogens with one attached hydrogen (secondary N) is 1. The summed E-state index contributed by atoms with van der Waals surface area (Å²) < 4.78 is 8.12. The molecule has 0 fully saturated rings. The first-order chi connectivity index (χ1) is 15.6. The first-order valence-electron chi connectivity index (χ1n) is 10.9. The smallest absolute Gasteiger partial charge is 0.219 e. The van der Waals surface area contributed by atoms with Gasteiger partial charge in [0, 0.05) is 30.3 Å². The molecule has 32 heavy (non-hydrogen) atoms. The van der Waals surface area contributed by atoms with Crippen LogP contribution < -0.4 is 15.8 Å². The number of rotatable bonds is 5. The third-order valence-corrected chi connectivity index (χ3v) is 5.92. The summed E-state index contributed by atoms with van der Waals surface area (Å²) in [5.74, 6) is 2.09. The number of ether oxygens (including phenoxy) is 1. The Bertz CT molecular complexity index is 1270. The Morgan fingerprint density at radius 3 is 2.62 bits per heavy atom. The van der Waals surface area contributed by atoms with Gasteiger partial charge in [-0.15, -0.1) is 0 Å². The molecule has 4 aromatic rings. The standard InChI is InChI=1S/C25H25N5O2/c1-2-21(31)29-17-10-13-20-22(23-24(26)27-15-28-25(23)30(20)14-17)16-8-11-19(12-9-16)32-18-6-4-3-5-7-18/h3-9,11-12,15,17H,2,10,13-14H2,1H3,(H,29,31)(H2,26,27,28). The van der Waals surface area contributed by atoms with Gasteiger partial charge >= 0.3 is 0 Å². The molecule has 1 atom stereocenters. The van der Waals surface area contributed by atoms with E-state index < -0.39 is 0 Å². The minimum absolute atomic E-state index is 0.0679. The molecule has 1 unspecified atom stereocenters. The lowest BCUT2D eigenvalue weighted by Gasteiger charge is -2.26. The molecule has 3 N–H and O–H groups in total. The molecule has 1 aliphatic heterocycles. The average molecular weight is 428 g/mol. The van der Waals surface area contributed by atoms with Gasteiger partial charge in [0.15, 0.2) is 0 Å². The predicted molar refractivity (Wildman–Crippen MR) is 124 cm³/mol. The fourth-order valence-corrected chi connectivity index (χ4v) is 4.39. The van der Waals surface area contributed by atoms with E-state index in [-0.39, 0.29) is 11.9 Å². The van der Waals surface area contributed by atoms with Crippen LogP contribution in [-0.2, 0) is 17.8 Å². The van der Waals surface area contributed by atoms with Crippen LogP contribution in [0.2, 0.25) is 0 Å². The Labute approximate surface area is 186 Å². The molecule has 0 radical (unpaired) electrons. The van der Waals surface area contributed by atoms with Crippen molar-refractivity contribution in [3.8, 4) is 22.6 Å². The van der Waals surface area contributed by atoms with Crippen LogP contribution in [0.4, 0.5) is 5.82 Å². The van der Waals surface area contributed by atoms with Gasteiger partial charge in [-0.3, -0.25) is 4.79 Å². The van der Waals surface area contributed by atoms with Crippen LogP contribution in [0.15, 0.2) is 60.9 Å². The molecule has 0 saturated heterocycles. The molecule has 2 aromatic heterocycles. The molecular weight excluding hydrogens is 402 g/mol. The highest BCUT2D eigenvalue weighted by molar-refractivity contribution is 6.02. The lowest BCUT2D eigenvalue weighted by molar-refractivity contribution is -0.121. The number of hydrogen-bond acceptors (Lipinski definition) is 5. The molecular formula is C25H25N5O2. The summed E-state index contributed by atoms with van der Waals surface area (Å²) in [7, 11) is 0. The minimum atomic E-state index is 0.0679. The third-order valence-electron chi connectivity index (χ3n) is 5.92. The maximum Gasteiger partial charge on any atom is 0.219 e. The molecule has 2 aromatic carbocycles. The molecule has 7 nitrogen and oxygen atoms in total. The van der Waals surface area contributed by atoms with Crippen LogP contribution in [0.3, 0.4) is 0 Å². The second kappa shape index (κ2) is 8.34. The second-order valence-corrected chi connectivity index (χ2v) is 7.99. The van der Waals surface area contributed by atoms with Gasteiger partial charge < -0.3 is 20.4 Å². The SMILES string of the molecule is CCC(=O)NC1CCc2c(-c3ccc(Oc4ccccc4)cc3)c3c(N)ncnc3n2C1. The average Bonchev–Trinajstić information content (AvgIpc) is 3.15. The molecule has 5 rings (SSSR count). The Kier molecular flexibility index (Phi) is 5.23. The van der Waals surface area contributed by atoms with Crippen molar-refractivity contribution in [2.75, 3.05) is 5.73 Å². The van der Waals surface area contributed by atoms with E-state index >= 15 is 0 Å². The normalized spacial score (nSPS) is 15.3. The van der Waals surface area contributed by atoms with E-state index in [0.717, 1.165) is 46.5 Å². The van der Waals surface area contributed by atoms with Crippen molar-refractivity contribution >= 4 is 22.8 Å². The Balaban J connectivity index is 1.53. The van der Waals surface area contributed by atoms with Crippen molar-refractivity contribution < 1.29 is 9.53 Å². The summed E-state index contributed by atoms with van der Waals surface area (Å²) in [6.07, 6.45) is 3.67. The number of para-hydroxylation sites is 1. The van der Waals surface area contributed by atoms with E-state index in [1.54, 1.807) is 0 Å². The molecule has 1 aliphatic rings. The van der Waals surface area contributed by atoms with Crippen molar-refractivity contribution in [2.24, 2.45) is 0 Å². The fraction of sp³-hybridized carbons (Fsp3) is 0.240. The molecule has 7 heteroatoms. The number of anilines is 1. The van der Waals surface area contributed by atoms with Crippen molar-refractivity contribution in [1.82, 2.24) is 19.9 Å². The highest BCUT2D eigenvalue weighted by Crippen LogP contribution is 2.40. The topological polar surface area (TPSA) is 95.1 Å². The van der Waals surface area contributed by atoms with E-state index in [4.69, 9.17) is 10.5 Å². The van der Waals surface area contributed by atoms with E-state index in [1.165, 1.54) is 12.0 Å². The summed E-state index contributed by atoms with van der Waals surface area (Å²) in [5, 5.41) is 3.98. The lowest BCUT2D eigenvalue weighted by Crippen LogP contribution is -2.40. The fourth-order valence-electron chi connectivity index (χ4n) is 4.39. The molecule has 0 aliphatic carbocycles. The zero-order valence-electron chi connectivity index (χ0n) is 17.9. The van der Waals surface area contributed by atoms with Gasteiger partial charge in [0.25, 0.3) is 0 Å². The Morgan fingerprint density at radius 1 is 1.12 bits per heavy atom. The van der Waals surface area contributed by atoms with Crippen molar-refractivity contribution in [2.45, 2.75) is 38.8 Å². The van der Waals surface area contributed by atoms with E-state index in [2.05, 4.69) is 19.9 Å². The number of carbonyl (C=O) groups excluding carboxylic acids is 1. The Hall–Kier alpha value is -3.87. The summed E-state index contributed by atoms with van der Waals surface area (Å²) in [4.78, 5) is 20.7. The lowest BCUT2D eigenvalue weighted by atomic mass is 9.97. The summed E-state index contributed by atoms with van der Waals surface area (Å²) in [6.45, 7) is 2.54. The number of nitrogens with zero attached hydrogens (tertiary/aromatic N) is 3. The zero-order chi connectivity index (χ0) is 22.1. The van der Waals surface area contributed by atoms with Crippen LogP contribution >= 0.6 is 0 Å². The van der Waals surface area contributed by atoms with Gasteiger partial charge in [0.05, 0.1) is 5.39 Å². The van der Waals surface area contributed by atoms with E-state index in [9.17, 15) is 4.79 Å². The summed E-state index contributed by atoms with van der Waals surface area (Å²) in [5.41, 5.74) is 10.4. The first-order valence-corrected chi connectivity index (χ1v) is 10.9. The van der Waals surface area contributed by atoms with E-state index in [0.29, 0.717) is 18.8 Å². The number of aromatic nitrogens is 3. The number of carbonyl (C=O) groups is 1. The minimum Gasteiger partial charge on any atom is -0.457 e. The van der Waals surface area contributed by atoms with Crippen LogP contribution in [0, 0.1) is 0 Å². The number of amides is 1. The molecule has 0 spiro atoms. The molecule has 0 bridgehead atoms. The van der Waals surface area contributed by atoms with Gasteiger partial charge in [0.2, 0.25) is 5.91 Å². The largest absolute Gasteiger partial charge is 0.457 e. The van der Waals surface area contributed by atoms with Crippen LogP contribution in [0.25, 0.3) is 22.2 Å². The highest BCUT2D eigenvalue weighted by Gasteiger charge is 2.28. The van der Waals surface area contributed by atoms with Crippen LogP contribution in [-0.4, -0.2) is 26.5 Å². The zero-order valence-corrected chi connectivity index (χ0v) is 17.9. The maximum atomic E-state index is 11.9. The van der Waals surface area contributed by atoms with Crippen molar-refractivity contribution in [3.63, 3.8) is 0 Å². The monoisotopic (exact) mass is 427 g/mol. The van der Waals surface area contributed by atoms with Gasteiger partial charge in [-0.05, 0) is 42.7 Å². The number of nitrogens with two attached hydrogens (primary N) is 1. The summed E-state index contributed by atoms with van der Waals surface area (Å²) in [6, 6.07) is 17.8.